The quantitative estimate of drug-likeness (QED) is 0.882. The highest BCUT2D eigenvalue weighted by molar-refractivity contribution is 7.99. The molecule has 0 saturated heterocycles. The first-order valence-corrected chi connectivity index (χ1v) is 7.06. The number of hydrogen-bond acceptors (Lipinski definition) is 2. The van der Waals surface area contributed by atoms with E-state index in [1.165, 1.54) is 16.0 Å². The third-order valence-electron chi connectivity index (χ3n) is 2.66. The molecular formula is C15H16ClNS. The van der Waals surface area contributed by atoms with Gasteiger partial charge in [-0.25, -0.2) is 0 Å². The van der Waals surface area contributed by atoms with Crippen molar-refractivity contribution in [1.29, 1.82) is 0 Å². The molecule has 1 nitrogen and oxygen atoms in total. The van der Waals surface area contributed by atoms with Gasteiger partial charge >= 0.3 is 0 Å². The van der Waals surface area contributed by atoms with Gasteiger partial charge in [-0.05, 0) is 37.7 Å². The third-order valence-corrected chi connectivity index (χ3v) is 4.28. The largest absolute Gasteiger partial charge is 0.316 e. The number of halogens is 1. The summed E-state index contributed by atoms with van der Waals surface area (Å²) < 4.78 is 0. The van der Waals surface area contributed by atoms with Gasteiger partial charge in [0.1, 0.15) is 0 Å². The minimum absolute atomic E-state index is 0.813. The average molecular weight is 278 g/mol. The summed E-state index contributed by atoms with van der Waals surface area (Å²) in [4.78, 5) is 2.35. The Bertz CT molecular complexity index is 523. The zero-order valence-corrected chi connectivity index (χ0v) is 12.1. The van der Waals surface area contributed by atoms with Gasteiger partial charge in [0.25, 0.3) is 0 Å². The molecule has 0 amide bonds. The summed E-state index contributed by atoms with van der Waals surface area (Å²) >= 11 is 8.02. The lowest BCUT2D eigenvalue weighted by Gasteiger charge is -2.11. The van der Waals surface area contributed by atoms with Crippen LogP contribution < -0.4 is 5.32 Å². The van der Waals surface area contributed by atoms with Crippen LogP contribution in [0, 0.1) is 6.92 Å². The molecule has 1 N–H and O–H groups in total. The zero-order valence-electron chi connectivity index (χ0n) is 10.5. The summed E-state index contributed by atoms with van der Waals surface area (Å²) in [5.41, 5.74) is 2.50. The molecule has 0 saturated carbocycles. The molecule has 0 aliphatic rings. The van der Waals surface area contributed by atoms with Crippen molar-refractivity contribution >= 4 is 23.4 Å². The highest BCUT2D eigenvalue weighted by Crippen LogP contribution is 2.36. The molecule has 0 unspecified atom stereocenters. The molecule has 2 aromatic carbocycles. The summed E-state index contributed by atoms with van der Waals surface area (Å²) in [5.74, 6) is 0. The topological polar surface area (TPSA) is 12.0 Å². The van der Waals surface area contributed by atoms with Crippen LogP contribution in [0.4, 0.5) is 0 Å². The predicted molar refractivity (Wildman–Crippen MR) is 79.5 cm³/mol. The van der Waals surface area contributed by atoms with Crippen molar-refractivity contribution in [2.45, 2.75) is 23.3 Å². The first-order chi connectivity index (χ1) is 8.70. The molecular weight excluding hydrogens is 262 g/mol. The highest BCUT2D eigenvalue weighted by atomic mass is 35.5. The second-order valence-corrected chi connectivity index (χ2v) is 5.66. The fraction of sp³-hybridized carbons (Fsp3) is 0.200. The summed E-state index contributed by atoms with van der Waals surface area (Å²) in [6.07, 6.45) is 0. The van der Waals surface area contributed by atoms with Crippen LogP contribution in [0.5, 0.6) is 0 Å². The molecule has 0 atom stereocenters. The number of hydrogen-bond donors (Lipinski definition) is 1. The Morgan fingerprint density at radius 1 is 1.11 bits per heavy atom. The average Bonchev–Trinajstić information content (AvgIpc) is 2.36. The monoisotopic (exact) mass is 277 g/mol. The molecule has 0 radical (unpaired) electrons. The van der Waals surface area contributed by atoms with Crippen LogP contribution in [0.15, 0.2) is 52.3 Å². The van der Waals surface area contributed by atoms with Crippen LogP contribution >= 0.6 is 23.4 Å². The van der Waals surface area contributed by atoms with Crippen molar-refractivity contribution in [3.05, 3.63) is 58.6 Å². The van der Waals surface area contributed by atoms with E-state index in [9.17, 15) is 0 Å². The summed E-state index contributed by atoms with van der Waals surface area (Å²) in [6, 6.07) is 14.6. The third kappa shape index (κ3) is 3.29. The fourth-order valence-corrected chi connectivity index (χ4v) is 2.98. The van der Waals surface area contributed by atoms with Crippen molar-refractivity contribution in [1.82, 2.24) is 5.32 Å². The molecule has 0 aliphatic carbocycles. The fourth-order valence-electron chi connectivity index (χ4n) is 1.72. The SMILES string of the molecule is CNCc1cccc(Cl)c1Sc1ccc(C)cc1. The number of aryl methyl sites for hydroxylation is 1. The van der Waals surface area contributed by atoms with E-state index in [0.717, 1.165) is 16.5 Å². The number of rotatable bonds is 4. The molecule has 0 fully saturated rings. The van der Waals surface area contributed by atoms with Crippen molar-refractivity contribution in [2.75, 3.05) is 7.05 Å². The molecule has 94 valence electrons. The summed E-state index contributed by atoms with van der Waals surface area (Å²) in [6.45, 7) is 2.92. The van der Waals surface area contributed by atoms with Gasteiger partial charge in [-0.3, -0.25) is 0 Å². The second-order valence-electron chi connectivity index (χ2n) is 4.17. The lowest BCUT2D eigenvalue weighted by atomic mass is 10.2. The van der Waals surface area contributed by atoms with Gasteiger partial charge in [0.05, 0.1) is 5.02 Å². The van der Waals surface area contributed by atoms with Gasteiger partial charge < -0.3 is 5.32 Å². The Labute approximate surface area is 118 Å². The summed E-state index contributed by atoms with van der Waals surface area (Å²) in [7, 11) is 1.95. The normalized spacial score (nSPS) is 10.6. The molecule has 2 rings (SSSR count). The van der Waals surface area contributed by atoms with Gasteiger partial charge in [0.15, 0.2) is 0 Å². The Morgan fingerprint density at radius 2 is 1.83 bits per heavy atom. The minimum Gasteiger partial charge on any atom is -0.316 e. The zero-order chi connectivity index (χ0) is 13.0. The number of nitrogens with one attached hydrogen (secondary N) is 1. The first-order valence-electron chi connectivity index (χ1n) is 5.87. The Balaban J connectivity index is 2.30. The molecule has 0 aliphatic heterocycles. The van der Waals surface area contributed by atoms with Gasteiger partial charge in [-0.15, -0.1) is 0 Å². The van der Waals surface area contributed by atoms with Crippen molar-refractivity contribution in [3.63, 3.8) is 0 Å². The van der Waals surface area contributed by atoms with E-state index >= 15 is 0 Å². The molecule has 0 bridgehead atoms. The molecule has 0 aromatic heterocycles. The van der Waals surface area contributed by atoms with E-state index in [-0.39, 0.29) is 0 Å². The van der Waals surface area contributed by atoms with Crippen LogP contribution in [-0.4, -0.2) is 7.05 Å². The van der Waals surface area contributed by atoms with Crippen molar-refractivity contribution in [2.24, 2.45) is 0 Å². The molecule has 0 spiro atoms. The Hall–Kier alpha value is -0.960. The van der Waals surface area contributed by atoms with Crippen LogP contribution in [0.25, 0.3) is 0 Å². The lowest BCUT2D eigenvalue weighted by Crippen LogP contribution is -2.06. The van der Waals surface area contributed by atoms with Crippen molar-refractivity contribution in [3.8, 4) is 0 Å². The van der Waals surface area contributed by atoms with Crippen LogP contribution in [0.3, 0.4) is 0 Å². The minimum atomic E-state index is 0.813. The van der Waals surface area contributed by atoms with Gasteiger partial charge in [-0.1, -0.05) is 53.2 Å². The Kier molecular flexibility index (Phi) is 4.70. The van der Waals surface area contributed by atoms with E-state index in [1.54, 1.807) is 11.8 Å². The molecule has 18 heavy (non-hydrogen) atoms. The van der Waals surface area contributed by atoms with Crippen LogP contribution in [0.2, 0.25) is 5.02 Å². The number of benzene rings is 2. The van der Waals surface area contributed by atoms with E-state index in [2.05, 4.69) is 42.6 Å². The van der Waals surface area contributed by atoms with Crippen molar-refractivity contribution < 1.29 is 0 Å². The molecule has 2 aromatic rings. The maximum Gasteiger partial charge on any atom is 0.0548 e. The van der Waals surface area contributed by atoms with E-state index < -0.39 is 0 Å². The second kappa shape index (κ2) is 6.28. The Morgan fingerprint density at radius 3 is 2.50 bits per heavy atom. The van der Waals surface area contributed by atoms with Gasteiger partial charge in [-0.2, -0.15) is 0 Å². The van der Waals surface area contributed by atoms with Crippen LogP contribution in [-0.2, 0) is 6.54 Å². The maximum atomic E-state index is 6.30. The van der Waals surface area contributed by atoms with E-state index in [1.807, 2.05) is 19.2 Å². The smallest absolute Gasteiger partial charge is 0.0548 e. The standard InChI is InChI=1S/C15H16ClNS/c1-11-6-8-13(9-7-11)18-15-12(10-17-2)4-3-5-14(15)16/h3-9,17H,10H2,1-2H3. The van der Waals surface area contributed by atoms with Gasteiger partial charge in [0, 0.05) is 16.3 Å². The lowest BCUT2D eigenvalue weighted by molar-refractivity contribution is 0.803. The van der Waals surface area contributed by atoms with Gasteiger partial charge in [0.2, 0.25) is 0 Å². The first kappa shape index (κ1) is 13.5. The maximum absolute atomic E-state index is 6.30. The van der Waals surface area contributed by atoms with E-state index in [0.29, 0.717) is 0 Å². The van der Waals surface area contributed by atoms with Crippen LogP contribution in [0.1, 0.15) is 11.1 Å². The van der Waals surface area contributed by atoms with E-state index in [4.69, 9.17) is 11.6 Å². The molecule has 3 heteroatoms. The summed E-state index contributed by atoms with van der Waals surface area (Å²) in [5, 5.41) is 3.99. The highest BCUT2D eigenvalue weighted by Gasteiger charge is 2.08. The predicted octanol–water partition coefficient (Wildman–Crippen LogP) is 4.52. The molecule has 0 heterocycles.